The van der Waals surface area contributed by atoms with Crippen LogP contribution in [0.15, 0.2) is 30.3 Å². The molecular weight excluding hydrogens is 194 g/mol. The molecular formula is C10H13N3O2. The first-order valence-electron chi connectivity index (χ1n) is 4.49. The molecule has 1 aromatic carbocycles. The lowest BCUT2D eigenvalue weighted by molar-refractivity contribution is -0.126. The summed E-state index contributed by atoms with van der Waals surface area (Å²) in [6.45, 7) is -0.170. The minimum absolute atomic E-state index is 0.170. The van der Waals surface area contributed by atoms with Crippen molar-refractivity contribution in [3.05, 3.63) is 35.9 Å². The molecule has 0 aliphatic heterocycles. The second kappa shape index (κ2) is 5.11. The van der Waals surface area contributed by atoms with Crippen molar-refractivity contribution in [3.8, 4) is 0 Å². The highest BCUT2D eigenvalue weighted by Crippen LogP contribution is 2.11. The molecule has 2 amide bonds. The summed E-state index contributed by atoms with van der Waals surface area (Å²) in [6.07, 6.45) is 0. The zero-order chi connectivity index (χ0) is 11.3. The van der Waals surface area contributed by atoms with Crippen molar-refractivity contribution < 1.29 is 9.59 Å². The molecule has 0 saturated carbocycles. The minimum Gasteiger partial charge on any atom is -0.368 e. The lowest BCUT2D eigenvalue weighted by atomic mass is 10.1. The van der Waals surface area contributed by atoms with Crippen molar-refractivity contribution in [2.75, 3.05) is 6.54 Å². The predicted octanol–water partition coefficient (Wildman–Crippen LogP) is -0.712. The molecule has 15 heavy (non-hydrogen) atoms. The molecule has 1 atom stereocenters. The number of amides is 2. The first-order valence-corrected chi connectivity index (χ1v) is 4.49. The Labute approximate surface area is 87.4 Å². The summed E-state index contributed by atoms with van der Waals surface area (Å²) in [6, 6.07) is 7.95. The number of nitrogens with two attached hydrogens (primary N) is 2. The van der Waals surface area contributed by atoms with Gasteiger partial charge in [-0.15, -0.1) is 0 Å². The molecule has 80 valence electrons. The minimum atomic E-state index is -0.817. The van der Waals surface area contributed by atoms with Gasteiger partial charge in [-0.1, -0.05) is 30.3 Å². The Morgan fingerprint density at radius 1 is 1.27 bits per heavy atom. The van der Waals surface area contributed by atoms with Crippen LogP contribution in [0.3, 0.4) is 0 Å². The van der Waals surface area contributed by atoms with E-state index in [0.717, 1.165) is 0 Å². The Balaban J connectivity index is 2.84. The topological polar surface area (TPSA) is 98.2 Å². The van der Waals surface area contributed by atoms with Gasteiger partial charge in [0.25, 0.3) is 0 Å². The number of rotatable bonds is 4. The normalized spacial score (nSPS) is 11.8. The maximum absolute atomic E-state index is 11.1. The van der Waals surface area contributed by atoms with Crippen LogP contribution in [0, 0.1) is 0 Å². The van der Waals surface area contributed by atoms with Crippen LogP contribution in [0.25, 0.3) is 0 Å². The molecule has 0 bridgehead atoms. The molecule has 0 heterocycles. The average Bonchev–Trinajstić information content (AvgIpc) is 2.26. The maximum atomic E-state index is 11.1. The molecule has 0 saturated heterocycles. The summed E-state index contributed by atoms with van der Waals surface area (Å²) in [4.78, 5) is 22.2. The van der Waals surface area contributed by atoms with E-state index in [1.54, 1.807) is 24.3 Å². The summed E-state index contributed by atoms with van der Waals surface area (Å²) in [5, 5.41) is 2.44. The summed E-state index contributed by atoms with van der Waals surface area (Å²) < 4.78 is 0. The van der Waals surface area contributed by atoms with Gasteiger partial charge >= 0.3 is 0 Å². The third-order valence-electron chi connectivity index (χ3n) is 1.91. The highest BCUT2D eigenvalue weighted by Gasteiger charge is 2.18. The summed E-state index contributed by atoms with van der Waals surface area (Å²) in [5.41, 5.74) is 11.0. The van der Waals surface area contributed by atoms with Crippen LogP contribution in [-0.4, -0.2) is 18.4 Å². The van der Waals surface area contributed by atoms with Gasteiger partial charge in [0.1, 0.15) is 6.04 Å². The van der Waals surface area contributed by atoms with Gasteiger partial charge in [0.15, 0.2) is 0 Å². The fraction of sp³-hybridized carbons (Fsp3) is 0.200. The van der Waals surface area contributed by atoms with Gasteiger partial charge in [-0.2, -0.15) is 0 Å². The largest absolute Gasteiger partial charge is 0.368 e. The van der Waals surface area contributed by atoms with Crippen LogP contribution < -0.4 is 16.8 Å². The number of nitrogens with one attached hydrogen (secondary N) is 1. The number of primary amides is 1. The van der Waals surface area contributed by atoms with Gasteiger partial charge < -0.3 is 16.8 Å². The van der Waals surface area contributed by atoms with Crippen molar-refractivity contribution in [3.63, 3.8) is 0 Å². The van der Waals surface area contributed by atoms with Crippen LogP contribution in [0.1, 0.15) is 11.6 Å². The highest BCUT2D eigenvalue weighted by atomic mass is 16.2. The molecule has 1 rings (SSSR count). The Kier molecular flexibility index (Phi) is 3.82. The third kappa shape index (κ3) is 3.07. The zero-order valence-electron chi connectivity index (χ0n) is 8.14. The quantitative estimate of drug-likeness (QED) is 0.608. The van der Waals surface area contributed by atoms with Crippen molar-refractivity contribution in [1.82, 2.24) is 5.32 Å². The smallest absolute Gasteiger partial charge is 0.244 e. The summed E-state index contributed by atoms with van der Waals surface area (Å²) in [7, 11) is 0. The maximum Gasteiger partial charge on any atom is 0.244 e. The van der Waals surface area contributed by atoms with E-state index < -0.39 is 17.9 Å². The van der Waals surface area contributed by atoms with E-state index in [-0.39, 0.29) is 6.54 Å². The molecule has 5 heteroatoms. The van der Waals surface area contributed by atoms with Crippen LogP contribution in [0.4, 0.5) is 0 Å². The number of carbonyl (C=O) groups is 2. The molecule has 5 N–H and O–H groups in total. The molecule has 0 unspecified atom stereocenters. The second-order valence-corrected chi connectivity index (χ2v) is 3.02. The Morgan fingerprint density at radius 2 is 1.87 bits per heavy atom. The lowest BCUT2D eigenvalue weighted by Crippen LogP contribution is -2.40. The molecule has 0 aliphatic rings. The van der Waals surface area contributed by atoms with Crippen LogP contribution in [0.2, 0.25) is 0 Å². The van der Waals surface area contributed by atoms with Gasteiger partial charge in [0.05, 0.1) is 6.54 Å². The van der Waals surface area contributed by atoms with Gasteiger partial charge in [0, 0.05) is 0 Å². The first kappa shape index (κ1) is 11.2. The van der Waals surface area contributed by atoms with Gasteiger partial charge in [-0.3, -0.25) is 9.59 Å². The standard InChI is InChI=1S/C10H13N3O2/c11-6-8(14)13-9(10(12)15)7-4-2-1-3-5-7/h1-5,9H,6,11H2,(H2,12,15)(H,13,14)/t9-/m0/s1. The Hall–Kier alpha value is -1.88. The van der Waals surface area contributed by atoms with Gasteiger partial charge in [-0.25, -0.2) is 0 Å². The monoisotopic (exact) mass is 207 g/mol. The molecule has 0 aliphatic carbocycles. The van der Waals surface area contributed by atoms with Crippen molar-refractivity contribution in [2.24, 2.45) is 11.5 Å². The van der Waals surface area contributed by atoms with E-state index in [4.69, 9.17) is 11.5 Å². The highest BCUT2D eigenvalue weighted by molar-refractivity contribution is 5.88. The van der Waals surface area contributed by atoms with E-state index in [1.165, 1.54) is 0 Å². The number of hydrogen-bond acceptors (Lipinski definition) is 3. The molecule has 0 aromatic heterocycles. The van der Waals surface area contributed by atoms with Crippen molar-refractivity contribution >= 4 is 11.8 Å². The molecule has 0 fully saturated rings. The van der Waals surface area contributed by atoms with Crippen LogP contribution in [0.5, 0.6) is 0 Å². The fourth-order valence-corrected chi connectivity index (χ4v) is 1.18. The van der Waals surface area contributed by atoms with E-state index in [1.807, 2.05) is 6.07 Å². The number of carbonyl (C=O) groups excluding carboxylic acids is 2. The third-order valence-corrected chi connectivity index (χ3v) is 1.91. The predicted molar refractivity (Wildman–Crippen MR) is 55.6 cm³/mol. The summed E-state index contributed by atoms with van der Waals surface area (Å²) >= 11 is 0. The van der Waals surface area contributed by atoms with Crippen molar-refractivity contribution in [2.45, 2.75) is 6.04 Å². The summed E-state index contributed by atoms with van der Waals surface area (Å²) in [5.74, 6) is -1.02. The number of hydrogen-bond donors (Lipinski definition) is 3. The second-order valence-electron chi connectivity index (χ2n) is 3.02. The molecule has 1 aromatic rings. The van der Waals surface area contributed by atoms with E-state index in [2.05, 4.69) is 5.32 Å². The Bertz CT molecular complexity index is 351. The SMILES string of the molecule is NCC(=O)N[C@H](C(N)=O)c1ccccc1. The number of benzene rings is 1. The Morgan fingerprint density at radius 3 is 2.33 bits per heavy atom. The van der Waals surface area contributed by atoms with E-state index in [0.29, 0.717) is 5.56 Å². The van der Waals surface area contributed by atoms with Crippen molar-refractivity contribution in [1.29, 1.82) is 0 Å². The molecule has 0 spiro atoms. The first-order chi connectivity index (χ1) is 7.15. The van der Waals surface area contributed by atoms with E-state index in [9.17, 15) is 9.59 Å². The lowest BCUT2D eigenvalue weighted by Gasteiger charge is -2.14. The molecule has 5 nitrogen and oxygen atoms in total. The van der Waals surface area contributed by atoms with E-state index >= 15 is 0 Å². The van der Waals surface area contributed by atoms with Gasteiger partial charge in [0.2, 0.25) is 11.8 Å². The van der Waals surface area contributed by atoms with Gasteiger partial charge in [-0.05, 0) is 5.56 Å². The average molecular weight is 207 g/mol. The fourth-order valence-electron chi connectivity index (χ4n) is 1.18. The zero-order valence-corrected chi connectivity index (χ0v) is 8.14. The van der Waals surface area contributed by atoms with Crippen LogP contribution in [-0.2, 0) is 9.59 Å². The molecule has 0 radical (unpaired) electrons. The van der Waals surface area contributed by atoms with Crippen LogP contribution >= 0.6 is 0 Å².